The highest BCUT2D eigenvalue weighted by Gasteiger charge is 2.42. The van der Waals surface area contributed by atoms with Crippen molar-refractivity contribution in [2.24, 2.45) is 0 Å². The van der Waals surface area contributed by atoms with Gasteiger partial charge in [-0.25, -0.2) is 9.59 Å². The van der Waals surface area contributed by atoms with Gasteiger partial charge in [-0.1, -0.05) is 18.2 Å². The molecule has 2 atom stereocenters. The number of benzene rings is 1. The summed E-state index contributed by atoms with van der Waals surface area (Å²) in [6.45, 7) is 4.99. The number of nitrogens with one attached hydrogen (secondary N) is 1. The van der Waals surface area contributed by atoms with Crippen molar-refractivity contribution in [3.63, 3.8) is 0 Å². The lowest BCUT2D eigenvalue weighted by Crippen LogP contribution is -2.49. The second kappa shape index (κ2) is 9.12. The minimum absolute atomic E-state index is 0.204. The van der Waals surface area contributed by atoms with E-state index in [-0.39, 0.29) is 17.8 Å². The molecule has 0 radical (unpaired) electrons. The summed E-state index contributed by atoms with van der Waals surface area (Å²) in [6.07, 6.45) is 0.518. The average Bonchev–Trinajstić information content (AvgIpc) is 3.02. The molecule has 1 aliphatic rings. The van der Waals surface area contributed by atoms with Crippen molar-refractivity contribution in [3.05, 3.63) is 30.3 Å². The summed E-state index contributed by atoms with van der Waals surface area (Å²) in [4.78, 5) is 39.2. The van der Waals surface area contributed by atoms with E-state index in [4.69, 9.17) is 9.47 Å². The highest BCUT2D eigenvalue weighted by Crippen LogP contribution is 2.36. The van der Waals surface area contributed by atoms with Gasteiger partial charge in [0, 0.05) is 4.90 Å². The molecule has 2 amide bonds. The minimum atomic E-state index is -0.670. The second-order valence-electron chi connectivity index (χ2n) is 7.16. The molecule has 7 nitrogen and oxygen atoms in total. The van der Waals surface area contributed by atoms with Crippen LogP contribution in [0.15, 0.2) is 35.2 Å². The molecule has 27 heavy (non-hydrogen) atoms. The average molecular weight is 394 g/mol. The van der Waals surface area contributed by atoms with Crippen molar-refractivity contribution in [2.75, 3.05) is 13.7 Å². The van der Waals surface area contributed by atoms with Crippen molar-refractivity contribution < 1.29 is 23.9 Å². The first-order valence-electron chi connectivity index (χ1n) is 8.79. The van der Waals surface area contributed by atoms with Gasteiger partial charge in [-0.3, -0.25) is 4.79 Å². The molecule has 2 rings (SSSR count). The molecule has 0 aliphatic carbocycles. The van der Waals surface area contributed by atoms with Gasteiger partial charge in [-0.05, 0) is 45.7 Å². The Balaban J connectivity index is 2.06. The number of methoxy groups -OCH3 is 1. The molecule has 8 heteroatoms. The van der Waals surface area contributed by atoms with Crippen LogP contribution in [0.25, 0.3) is 0 Å². The van der Waals surface area contributed by atoms with Crippen LogP contribution in [0.5, 0.6) is 0 Å². The van der Waals surface area contributed by atoms with E-state index in [1.165, 1.54) is 23.8 Å². The number of esters is 1. The molecule has 1 aromatic carbocycles. The van der Waals surface area contributed by atoms with Gasteiger partial charge in [0.25, 0.3) is 0 Å². The highest BCUT2D eigenvalue weighted by atomic mass is 32.2. The summed E-state index contributed by atoms with van der Waals surface area (Å²) < 4.78 is 10.0. The van der Waals surface area contributed by atoms with Gasteiger partial charge in [0.15, 0.2) is 0 Å². The molecular formula is C19H26N2O5S. The van der Waals surface area contributed by atoms with Crippen LogP contribution >= 0.6 is 11.8 Å². The molecule has 0 bridgehead atoms. The summed E-state index contributed by atoms with van der Waals surface area (Å²) in [7, 11) is 1.31. The van der Waals surface area contributed by atoms with Gasteiger partial charge in [-0.2, -0.15) is 0 Å². The molecule has 0 saturated carbocycles. The molecule has 1 aliphatic heterocycles. The molecule has 148 valence electrons. The number of alkyl carbamates (subject to hydrolysis) is 1. The third kappa shape index (κ3) is 6.16. The zero-order valence-corrected chi connectivity index (χ0v) is 16.9. The zero-order valence-electron chi connectivity index (χ0n) is 16.1. The Morgan fingerprint density at radius 1 is 1.19 bits per heavy atom. The second-order valence-corrected chi connectivity index (χ2v) is 8.41. The predicted octanol–water partition coefficient (Wildman–Crippen LogP) is 2.79. The first-order valence-corrected chi connectivity index (χ1v) is 9.67. The van der Waals surface area contributed by atoms with E-state index in [9.17, 15) is 14.4 Å². The monoisotopic (exact) mass is 394 g/mol. The van der Waals surface area contributed by atoms with Gasteiger partial charge < -0.3 is 19.7 Å². The van der Waals surface area contributed by atoms with Crippen LogP contribution in [0.4, 0.5) is 4.79 Å². The van der Waals surface area contributed by atoms with Gasteiger partial charge in [0.05, 0.1) is 12.5 Å². The molecule has 1 unspecified atom stereocenters. The number of rotatable bonds is 5. The van der Waals surface area contributed by atoms with E-state index >= 15 is 0 Å². The Morgan fingerprint density at radius 2 is 1.85 bits per heavy atom. The Morgan fingerprint density at radius 3 is 2.44 bits per heavy atom. The molecule has 1 fully saturated rings. The Kier molecular flexibility index (Phi) is 7.12. The van der Waals surface area contributed by atoms with Gasteiger partial charge >= 0.3 is 12.1 Å². The summed E-state index contributed by atoms with van der Waals surface area (Å²) in [5, 5.41) is 2.26. The molecular weight excluding hydrogens is 368 g/mol. The molecule has 1 heterocycles. The number of hydrogen-bond acceptors (Lipinski definition) is 6. The van der Waals surface area contributed by atoms with E-state index < -0.39 is 23.7 Å². The maximum absolute atomic E-state index is 12.8. The third-order valence-electron chi connectivity index (χ3n) is 3.89. The summed E-state index contributed by atoms with van der Waals surface area (Å²) in [5.74, 6) is -0.793. The van der Waals surface area contributed by atoms with E-state index in [0.29, 0.717) is 12.8 Å². The number of likely N-dealkylation sites (tertiary alicyclic amines) is 1. The lowest BCUT2D eigenvalue weighted by molar-refractivity contribution is -0.151. The molecule has 0 spiro atoms. The van der Waals surface area contributed by atoms with Crippen LogP contribution in [0, 0.1) is 0 Å². The van der Waals surface area contributed by atoms with Crippen LogP contribution in [-0.2, 0) is 19.1 Å². The van der Waals surface area contributed by atoms with Crippen molar-refractivity contribution in [1.29, 1.82) is 0 Å². The van der Waals surface area contributed by atoms with E-state index in [1.807, 2.05) is 30.3 Å². The number of carbonyl (C=O) groups excluding carboxylic acids is 3. The third-order valence-corrected chi connectivity index (χ3v) is 5.17. The number of carbonyl (C=O) groups is 3. The smallest absolute Gasteiger partial charge is 0.408 e. The quantitative estimate of drug-likeness (QED) is 0.773. The summed E-state index contributed by atoms with van der Waals surface area (Å²) >= 11 is 1.52. The number of ether oxygens (including phenoxy) is 2. The van der Waals surface area contributed by atoms with E-state index in [1.54, 1.807) is 20.8 Å². The fourth-order valence-corrected chi connectivity index (χ4v) is 4.07. The maximum Gasteiger partial charge on any atom is 0.408 e. The Hall–Kier alpha value is -2.22. The van der Waals surface area contributed by atoms with Crippen LogP contribution in [0.3, 0.4) is 0 Å². The minimum Gasteiger partial charge on any atom is -0.467 e. The Bertz CT molecular complexity index is 674. The van der Waals surface area contributed by atoms with Crippen molar-refractivity contribution in [3.8, 4) is 0 Å². The van der Waals surface area contributed by atoms with Crippen LogP contribution in [0.1, 0.15) is 33.6 Å². The summed E-state index contributed by atoms with van der Waals surface area (Å²) in [6, 6.07) is 9.03. The van der Waals surface area contributed by atoms with Crippen molar-refractivity contribution >= 4 is 29.7 Å². The number of amides is 2. The van der Waals surface area contributed by atoms with E-state index in [2.05, 4.69) is 5.32 Å². The Labute approximate surface area is 163 Å². The molecule has 1 N–H and O–H groups in total. The predicted molar refractivity (Wildman–Crippen MR) is 102 cm³/mol. The lowest BCUT2D eigenvalue weighted by Gasteiger charge is -2.29. The fraction of sp³-hybridized carbons (Fsp3) is 0.526. The molecule has 1 aromatic rings. The van der Waals surface area contributed by atoms with Crippen molar-refractivity contribution in [2.45, 2.75) is 55.5 Å². The lowest BCUT2D eigenvalue weighted by atomic mass is 10.2. The van der Waals surface area contributed by atoms with Crippen LogP contribution in [-0.4, -0.2) is 53.5 Å². The largest absolute Gasteiger partial charge is 0.467 e. The fourth-order valence-electron chi connectivity index (χ4n) is 2.81. The molecule has 1 saturated heterocycles. The highest BCUT2D eigenvalue weighted by molar-refractivity contribution is 7.99. The zero-order chi connectivity index (χ0) is 20.0. The van der Waals surface area contributed by atoms with Crippen molar-refractivity contribution in [1.82, 2.24) is 10.2 Å². The maximum atomic E-state index is 12.8. The van der Waals surface area contributed by atoms with Crippen LogP contribution in [0.2, 0.25) is 0 Å². The first kappa shape index (κ1) is 21.1. The van der Waals surface area contributed by atoms with Gasteiger partial charge in [-0.15, -0.1) is 11.8 Å². The van der Waals surface area contributed by atoms with Gasteiger partial charge in [0.1, 0.15) is 18.2 Å². The normalized spacial score (nSPS) is 19.5. The molecule has 0 aromatic heterocycles. The standard InChI is InChI=1S/C19H26N2O5S/c1-19(2,3)26-18(24)20-12-15(22)21-14(17(23)25-4)10-11-16(21)27-13-8-6-5-7-9-13/h5-9,14,16H,10-12H2,1-4H3,(H,20,24)/t14-,16?/m0/s1. The van der Waals surface area contributed by atoms with Gasteiger partial charge in [0.2, 0.25) is 5.91 Å². The number of thioether (sulfide) groups is 1. The van der Waals surface area contributed by atoms with Crippen LogP contribution < -0.4 is 5.32 Å². The number of hydrogen-bond donors (Lipinski definition) is 1. The first-order chi connectivity index (χ1) is 12.7. The summed E-state index contributed by atoms with van der Waals surface area (Å²) in [5.41, 5.74) is -0.652. The number of nitrogens with zero attached hydrogens (tertiary/aromatic N) is 1. The topological polar surface area (TPSA) is 84.9 Å². The van der Waals surface area contributed by atoms with E-state index in [0.717, 1.165) is 4.90 Å². The SMILES string of the molecule is COC(=O)[C@@H]1CCC(Sc2ccccc2)N1C(=O)CNC(=O)OC(C)(C)C.